The number of aliphatic hydroxyl groups is 1. The monoisotopic (exact) mass is 284 g/mol. The van der Waals surface area contributed by atoms with Crippen molar-refractivity contribution in [2.45, 2.75) is 30.2 Å². The molecule has 1 saturated heterocycles. The first-order chi connectivity index (χ1) is 9.07. The van der Waals surface area contributed by atoms with Gasteiger partial charge in [0.2, 0.25) is 0 Å². The van der Waals surface area contributed by atoms with Crippen molar-refractivity contribution in [3.63, 3.8) is 0 Å². The number of aromatic nitrogens is 2. The van der Waals surface area contributed by atoms with Crippen LogP contribution in [0.25, 0.3) is 0 Å². The third-order valence-electron chi connectivity index (χ3n) is 3.38. The molecule has 0 bridgehead atoms. The topological polar surface area (TPSA) is 79.3 Å². The van der Waals surface area contributed by atoms with Crippen LogP contribution in [0, 0.1) is 0 Å². The summed E-state index contributed by atoms with van der Waals surface area (Å²) in [6, 6.07) is 1.82. The molecule has 0 amide bonds. The molecule has 2 heterocycles. The zero-order valence-electron chi connectivity index (χ0n) is 11.4. The fraction of sp³-hybridized carbons (Fsp3) is 0.667. The highest BCUT2D eigenvalue weighted by molar-refractivity contribution is 7.98. The number of rotatable bonds is 5. The summed E-state index contributed by atoms with van der Waals surface area (Å²) in [6.45, 7) is 2.91. The Morgan fingerprint density at radius 1 is 1.53 bits per heavy atom. The van der Waals surface area contributed by atoms with E-state index in [2.05, 4.69) is 20.6 Å². The molecule has 1 aromatic heterocycles. The van der Waals surface area contributed by atoms with Crippen LogP contribution in [-0.2, 0) is 4.74 Å². The van der Waals surface area contributed by atoms with Gasteiger partial charge in [0.15, 0.2) is 5.16 Å². The van der Waals surface area contributed by atoms with Crippen molar-refractivity contribution in [1.29, 1.82) is 0 Å². The molecular weight excluding hydrogens is 264 g/mol. The van der Waals surface area contributed by atoms with Crippen LogP contribution in [0.2, 0.25) is 0 Å². The third-order valence-corrected chi connectivity index (χ3v) is 3.93. The summed E-state index contributed by atoms with van der Waals surface area (Å²) >= 11 is 1.48. The van der Waals surface area contributed by atoms with E-state index in [1.54, 1.807) is 0 Å². The largest absolute Gasteiger partial charge is 0.385 e. The molecule has 2 rings (SSSR count). The predicted octanol–water partition coefficient (Wildman–Crippen LogP) is 1.19. The van der Waals surface area contributed by atoms with Gasteiger partial charge in [0, 0.05) is 32.7 Å². The van der Waals surface area contributed by atoms with Gasteiger partial charge in [-0.2, -0.15) is 0 Å². The first kappa shape index (κ1) is 14.4. The number of thioether (sulfide) groups is 1. The molecule has 6 nitrogen and oxygen atoms in total. The minimum Gasteiger partial charge on any atom is -0.385 e. The van der Waals surface area contributed by atoms with Crippen LogP contribution in [0.15, 0.2) is 11.2 Å². The number of ether oxygens (including phenoxy) is 1. The molecule has 2 atom stereocenters. The van der Waals surface area contributed by atoms with Gasteiger partial charge < -0.3 is 20.5 Å². The second kappa shape index (κ2) is 5.94. The molecule has 3 N–H and O–H groups in total. The quantitative estimate of drug-likeness (QED) is 0.553. The number of anilines is 2. The van der Waals surface area contributed by atoms with Crippen molar-refractivity contribution in [2.75, 3.05) is 37.1 Å². The molecular formula is C12H20N4O2S. The molecule has 1 aliphatic heterocycles. The lowest BCUT2D eigenvalue weighted by atomic mass is 9.97. The molecule has 106 valence electrons. The average molecular weight is 284 g/mol. The highest BCUT2D eigenvalue weighted by atomic mass is 32.2. The van der Waals surface area contributed by atoms with Gasteiger partial charge in [0.05, 0.1) is 6.10 Å². The number of hydrogen-bond donors (Lipinski definition) is 3. The van der Waals surface area contributed by atoms with E-state index in [0.717, 1.165) is 5.82 Å². The maximum absolute atomic E-state index is 10.4. The second-order valence-electron chi connectivity index (χ2n) is 4.60. The van der Waals surface area contributed by atoms with Crippen LogP contribution >= 0.6 is 11.8 Å². The van der Waals surface area contributed by atoms with Crippen molar-refractivity contribution in [3.8, 4) is 0 Å². The van der Waals surface area contributed by atoms with Crippen LogP contribution in [0.1, 0.15) is 13.3 Å². The van der Waals surface area contributed by atoms with Crippen molar-refractivity contribution in [2.24, 2.45) is 0 Å². The molecule has 0 saturated carbocycles. The second-order valence-corrected chi connectivity index (χ2v) is 5.37. The van der Waals surface area contributed by atoms with Gasteiger partial charge in [-0.05, 0) is 13.2 Å². The Morgan fingerprint density at radius 3 is 2.84 bits per heavy atom. The summed E-state index contributed by atoms with van der Waals surface area (Å²) in [4.78, 5) is 8.66. The lowest BCUT2D eigenvalue weighted by molar-refractivity contribution is -0.0176. The maximum atomic E-state index is 10.4. The number of nitrogens with zero attached hydrogens (tertiary/aromatic N) is 2. The number of nitrogens with one attached hydrogen (secondary N) is 2. The summed E-state index contributed by atoms with van der Waals surface area (Å²) in [5.74, 6) is 1.46. The highest BCUT2D eigenvalue weighted by Crippen LogP contribution is 2.26. The molecule has 0 aromatic carbocycles. The van der Waals surface area contributed by atoms with Crippen LogP contribution < -0.4 is 10.6 Å². The van der Waals surface area contributed by atoms with Gasteiger partial charge in [-0.1, -0.05) is 11.8 Å². The molecule has 1 fully saturated rings. The lowest BCUT2D eigenvalue weighted by Crippen LogP contribution is -2.43. The first-order valence-electron chi connectivity index (χ1n) is 6.26. The third kappa shape index (κ3) is 3.29. The maximum Gasteiger partial charge on any atom is 0.191 e. The normalized spacial score (nSPS) is 26.4. The molecule has 2 unspecified atom stereocenters. The van der Waals surface area contributed by atoms with Gasteiger partial charge in [-0.15, -0.1) is 0 Å². The van der Waals surface area contributed by atoms with E-state index in [1.165, 1.54) is 11.8 Å². The van der Waals surface area contributed by atoms with Crippen LogP contribution in [0.5, 0.6) is 0 Å². The van der Waals surface area contributed by atoms with Crippen LogP contribution in [0.4, 0.5) is 11.6 Å². The van der Waals surface area contributed by atoms with E-state index in [0.29, 0.717) is 30.5 Å². The summed E-state index contributed by atoms with van der Waals surface area (Å²) in [7, 11) is 1.82. The molecule has 19 heavy (non-hydrogen) atoms. The Morgan fingerprint density at radius 2 is 2.26 bits per heavy atom. The minimum atomic E-state index is -0.829. The van der Waals surface area contributed by atoms with Gasteiger partial charge >= 0.3 is 0 Å². The van der Waals surface area contributed by atoms with E-state index < -0.39 is 5.60 Å². The summed E-state index contributed by atoms with van der Waals surface area (Å²) in [5.41, 5.74) is -0.829. The summed E-state index contributed by atoms with van der Waals surface area (Å²) in [5, 5.41) is 17.3. The van der Waals surface area contributed by atoms with Crippen molar-refractivity contribution in [1.82, 2.24) is 9.97 Å². The number of hydrogen-bond acceptors (Lipinski definition) is 7. The molecule has 1 aromatic rings. The van der Waals surface area contributed by atoms with Crippen molar-refractivity contribution >= 4 is 23.4 Å². The Hall–Kier alpha value is -1.05. The molecule has 7 heteroatoms. The lowest BCUT2D eigenvalue weighted by Gasteiger charge is -2.26. The molecule has 0 spiro atoms. The summed E-state index contributed by atoms with van der Waals surface area (Å²) in [6.07, 6.45) is 2.41. The Kier molecular flexibility index (Phi) is 4.49. The summed E-state index contributed by atoms with van der Waals surface area (Å²) < 4.78 is 5.41. The van der Waals surface area contributed by atoms with Crippen LogP contribution in [0.3, 0.4) is 0 Å². The van der Waals surface area contributed by atoms with Crippen LogP contribution in [-0.4, -0.2) is 53.2 Å². The SMILES string of the molecule is CNc1cc(NCC2(O)CCOC2C)nc(SC)n1. The first-order valence-corrected chi connectivity index (χ1v) is 7.48. The minimum absolute atomic E-state index is 0.161. The zero-order chi connectivity index (χ0) is 13.9. The van der Waals surface area contributed by atoms with E-state index in [1.807, 2.05) is 26.3 Å². The molecule has 0 aliphatic carbocycles. The highest BCUT2D eigenvalue weighted by Gasteiger charge is 2.39. The fourth-order valence-electron chi connectivity index (χ4n) is 1.98. The van der Waals surface area contributed by atoms with E-state index in [9.17, 15) is 5.11 Å². The van der Waals surface area contributed by atoms with E-state index in [-0.39, 0.29) is 6.10 Å². The van der Waals surface area contributed by atoms with Gasteiger partial charge in [-0.25, -0.2) is 9.97 Å². The Bertz CT molecular complexity index is 423. The standard InChI is InChI=1S/C12H20N4O2S/c1-8-12(17,4-5-18-8)7-14-10-6-9(13-2)15-11(16-10)19-3/h6,8,17H,4-5,7H2,1-3H3,(H2,13,14,15,16). The average Bonchev–Trinajstić information content (AvgIpc) is 2.76. The molecule has 0 radical (unpaired) electrons. The van der Waals surface area contributed by atoms with Crippen molar-refractivity contribution in [3.05, 3.63) is 6.07 Å². The molecule has 1 aliphatic rings. The predicted molar refractivity (Wildman–Crippen MR) is 76.8 cm³/mol. The van der Waals surface area contributed by atoms with Gasteiger partial charge in [0.1, 0.15) is 17.2 Å². The van der Waals surface area contributed by atoms with E-state index >= 15 is 0 Å². The Balaban J connectivity index is 2.06. The van der Waals surface area contributed by atoms with Gasteiger partial charge in [-0.3, -0.25) is 0 Å². The zero-order valence-corrected chi connectivity index (χ0v) is 12.3. The van der Waals surface area contributed by atoms with E-state index in [4.69, 9.17) is 4.74 Å². The van der Waals surface area contributed by atoms with Gasteiger partial charge in [0.25, 0.3) is 0 Å². The fourth-order valence-corrected chi connectivity index (χ4v) is 2.36. The van der Waals surface area contributed by atoms with Crippen molar-refractivity contribution < 1.29 is 9.84 Å². The Labute approximate surface area is 117 Å². The smallest absolute Gasteiger partial charge is 0.191 e.